The number of unbranched alkanes of at least 4 members (excludes halogenated alkanes) is 5. The largest absolute Gasteiger partial charge is 0.342 e. The molecule has 18 heavy (non-hydrogen) atoms. The molecule has 2 aliphatic rings. The lowest BCUT2D eigenvalue weighted by molar-refractivity contribution is -0.130. The Balaban J connectivity index is 1.55. The van der Waals surface area contributed by atoms with E-state index in [1.807, 2.05) is 0 Å². The third kappa shape index (κ3) is 3.71. The first kappa shape index (κ1) is 13.9. The van der Waals surface area contributed by atoms with Crippen molar-refractivity contribution in [3.8, 4) is 0 Å². The van der Waals surface area contributed by atoms with Gasteiger partial charge in [0, 0.05) is 32.6 Å². The van der Waals surface area contributed by atoms with Crippen molar-refractivity contribution >= 4 is 5.91 Å². The summed E-state index contributed by atoms with van der Waals surface area (Å²) in [5.74, 6) is 1.87. The summed E-state index contributed by atoms with van der Waals surface area (Å²) in [5.41, 5.74) is 0. The van der Waals surface area contributed by atoms with Crippen molar-refractivity contribution in [2.75, 3.05) is 26.2 Å². The molecule has 3 heteroatoms. The van der Waals surface area contributed by atoms with Crippen LogP contribution in [0.1, 0.15) is 51.9 Å². The van der Waals surface area contributed by atoms with Crippen LogP contribution in [-0.4, -0.2) is 37.0 Å². The predicted molar refractivity (Wildman–Crippen MR) is 74.4 cm³/mol. The fourth-order valence-corrected chi connectivity index (χ4v) is 3.27. The van der Waals surface area contributed by atoms with Crippen LogP contribution in [0.3, 0.4) is 0 Å². The SMILES string of the molecule is CCCCCCCCC(=O)N1CC2CNCC2C1. The zero-order chi connectivity index (χ0) is 12.8. The molecule has 3 nitrogen and oxygen atoms in total. The standard InChI is InChI=1S/C15H28N2O/c1-2-3-4-5-6-7-8-15(18)17-11-13-9-16-10-14(13)12-17/h13-14,16H,2-12H2,1H3. The maximum Gasteiger partial charge on any atom is 0.222 e. The van der Waals surface area contributed by atoms with E-state index in [0.29, 0.717) is 5.91 Å². The van der Waals surface area contributed by atoms with E-state index in [4.69, 9.17) is 0 Å². The number of hydrogen-bond acceptors (Lipinski definition) is 2. The van der Waals surface area contributed by atoms with Crippen molar-refractivity contribution in [2.45, 2.75) is 51.9 Å². The molecule has 2 aliphatic heterocycles. The van der Waals surface area contributed by atoms with E-state index < -0.39 is 0 Å². The van der Waals surface area contributed by atoms with Crippen molar-refractivity contribution in [3.05, 3.63) is 0 Å². The van der Waals surface area contributed by atoms with Crippen LogP contribution in [0.4, 0.5) is 0 Å². The Morgan fingerprint density at radius 2 is 1.67 bits per heavy atom. The first-order valence-electron chi connectivity index (χ1n) is 7.79. The topological polar surface area (TPSA) is 32.3 Å². The van der Waals surface area contributed by atoms with E-state index in [1.54, 1.807) is 0 Å². The maximum absolute atomic E-state index is 12.1. The van der Waals surface area contributed by atoms with E-state index in [-0.39, 0.29) is 0 Å². The van der Waals surface area contributed by atoms with E-state index in [0.717, 1.165) is 50.9 Å². The molecule has 2 saturated heterocycles. The zero-order valence-corrected chi connectivity index (χ0v) is 11.8. The second-order valence-corrected chi connectivity index (χ2v) is 5.99. The number of carbonyl (C=O) groups excluding carboxylic acids is 1. The molecule has 0 aromatic rings. The lowest BCUT2D eigenvalue weighted by atomic mass is 10.0. The lowest BCUT2D eigenvalue weighted by Gasteiger charge is -2.17. The summed E-state index contributed by atoms with van der Waals surface area (Å²) in [7, 11) is 0. The number of hydrogen-bond donors (Lipinski definition) is 1. The highest BCUT2D eigenvalue weighted by Gasteiger charge is 2.37. The second-order valence-electron chi connectivity index (χ2n) is 5.99. The van der Waals surface area contributed by atoms with Crippen molar-refractivity contribution < 1.29 is 4.79 Å². The van der Waals surface area contributed by atoms with Crippen LogP contribution in [0, 0.1) is 11.8 Å². The van der Waals surface area contributed by atoms with Gasteiger partial charge in [0.15, 0.2) is 0 Å². The third-order valence-electron chi connectivity index (χ3n) is 4.49. The van der Waals surface area contributed by atoms with Gasteiger partial charge in [-0.1, -0.05) is 39.0 Å². The second kappa shape index (κ2) is 7.13. The van der Waals surface area contributed by atoms with Gasteiger partial charge in [-0.05, 0) is 18.3 Å². The number of likely N-dealkylation sites (tertiary alicyclic amines) is 1. The minimum absolute atomic E-state index is 0.403. The third-order valence-corrected chi connectivity index (χ3v) is 4.49. The van der Waals surface area contributed by atoms with Crippen molar-refractivity contribution in [2.24, 2.45) is 11.8 Å². The summed E-state index contributed by atoms with van der Waals surface area (Å²) in [5, 5.41) is 3.42. The summed E-state index contributed by atoms with van der Waals surface area (Å²) >= 11 is 0. The number of rotatable bonds is 7. The molecule has 0 bridgehead atoms. The molecule has 104 valence electrons. The molecule has 2 fully saturated rings. The fraction of sp³-hybridized carbons (Fsp3) is 0.933. The van der Waals surface area contributed by atoms with Gasteiger partial charge < -0.3 is 10.2 Å². The van der Waals surface area contributed by atoms with Crippen molar-refractivity contribution in [1.29, 1.82) is 0 Å². The minimum Gasteiger partial charge on any atom is -0.342 e. The Morgan fingerprint density at radius 1 is 1.06 bits per heavy atom. The quantitative estimate of drug-likeness (QED) is 0.706. The summed E-state index contributed by atoms with van der Waals surface area (Å²) in [6.45, 7) is 6.48. The molecule has 0 aliphatic carbocycles. The average Bonchev–Trinajstić information content (AvgIpc) is 2.93. The first-order valence-corrected chi connectivity index (χ1v) is 7.79. The smallest absolute Gasteiger partial charge is 0.222 e. The first-order chi connectivity index (χ1) is 8.81. The van der Waals surface area contributed by atoms with Crippen molar-refractivity contribution in [1.82, 2.24) is 10.2 Å². The highest BCUT2D eigenvalue weighted by Crippen LogP contribution is 2.26. The zero-order valence-electron chi connectivity index (χ0n) is 11.8. The molecule has 0 aromatic carbocycles. The van der Waals surface area contributed by atoms with Gasteiger partial charge in [-0.15, -0.1) is 0 Å². The van der Waals surface area contributed by atoms with E-state index in [2.05, 4.69) is 17.1 Å². The monoisotopic (exact) mass is 252 g/mol. The van der Waals surface area contributed by atoms with Gasteiger partial charge in [0.1, 0.15) is 0 Å². The summed E-state index contributed by atoms with van der Waals surface area (Å²) in [6.07, 6.45) is 8.38. The number of fused-ring (bicyclic) bond motifs is 1. The Morgan fingerprint density at radius 3 is 2.33 bits per heavy atom. The Bertz CT molecular complexity index is 255. The molecule has 1 N–H and O–H groups in total. The van der Waals surface area contributed by atoms with Gasteiger partial charge in [-0.2, -0.15) is 0 Å². The van der Waals surface area contributed by atoms with Gasteiger partial charge >= 0.3 is 0 Å². The van der Waals surface area contributed by atoms with Crippen molar-refractivity contribution in [3.63, 3.8) is 0 Å². The number of amides is 1. The molecule has 2 atom stereocenters. The Kier molecular flexibility index (Phi) is 5.48. The Hall–Kier alpha value is -0.570. The van der Waals surface area contributed by atoms with Crippen LogP contribution in [0.25, 0.3) is 0 Å². The maximum atomic E-state index is 12.1. The lowest BCUT2D eigenvalue weighted by Crippen LogP contribution is -2.31. The molecule has 2 unspecified atom stereocenters. The predicted octanol–water partition coefficient (Wildman–Crippen LogP) is 2.41. The molecule has 0 radical (unpaired) electrons. The van der Waals surface area contributed by atoms with Gasteiger partial charge in [-0.25, -0.2) is 0 Å². The molecule has 1 amide bonds. The Labute approximate surface area is 111 Å². The fourth-order valence-electron chi connectivity index (χ4n) is 3.27. The molecule has 0 aromatic heterocycles. The molecular formula is C15H28N2O. The van der Waals surface area contributed by atoms with Crippen LogP contribution in [0.15, 0.2) is 0 Å². The van der Waals surface area contributed by atoms with Gasteiger partial charge in [0.25, 0.3) is 0 Å². The molecule has 2 heterocycles. The van der Waals surface area contributed by atoms with E-state index in [9.17, 15) is 4.79 Å². The molecule has 0 spiro atoms. The highest BCUT2D eigenvalue weighted by molar-refractivity contribution is 5.76. The molecule has 0 saturated carbocycles. The van der Waals surface area contributed by atoms with Crippen LogP contribution in [-0.2, 0) is 4.79 Å². The van der Waals surface area contributed by atoms with Gasteiger partial charge in [0.2, 0.25) is 5.91 Å². The number of nitrogens with one attached hydrogen (secondary N) is 1. The summed E-state index contributed by atoms with van der Waals surface area (Å²) in [4.78, 5) is 14.2. The van der Waals surface area contributed by atoms with E-state index in [1.165, 1.54) is 32.1 Å². The number of nitrogens with zero attached hydrogens (tertiary/aromatic N) is 1. The summed E-state index contributed by atoms with van der Waals surface area (Å²) in [6, 6.07) is 0. The van der Waals surface area contributed by atoms with Crippen LogP contribution < -0.4 is 5.32 Å². The minimum atomic E-state index is 0.403. The number of carbonyl (C=O) groups is 1. The van der Waals surface area contributed by atoms with E-state index >= 15 is 0 Å². The van der Waals surface area contributed by atoms with Gasteiger partial charge in [-0.3, -0.25) is 4.79 Å². The van der Waals surface area contributed by atoms with Crippen LogP contribution in [0.2, 0.25) is 0 Å². The normalized spacial score (nSPS) is 26.6. The summed E-state index contributed by atoms with van der Waals surface area (Å²) < 4.78 is 0. The average molecular weight is 252 g/mol. The highest BCUT2D eigenvalue weighted by atomic mass is 16.2. The van der Waals surface area contributed by atoms with Crippen LogP contribution in [0.5, 0.6) is 0 Å². The van der Waals surface area contributed by atoms with Gasteiger partial charge in [0.05, 0.1) is 0 Å². The van der Waals surface area contributed by atoms with Crippen LogP contribution >= 0.6 is 0 Å². The molecule has 2 rings (SSSR count). The molecular weight excluding hydrogens is 224 g/mol.